The minimum absolute atomic E-state index is 0.123. The highest BCUT2D eigenvalue weighted by Crippen LogP contribution is 2.34. The van der Waals surface area contributed by atoms with Crippen LogP contribution in [0.15, 0.2) is 18.2 Å². The minimum atomic E-state index is -0.132. The van der Waals surface area contributed by atoms with Gasteiger partial charge in [0.15, 0.2) is 11.5 Å². The van der Waals surface area contributed by atoms with E-state index in [2.05, 4.69) is 18.8 Å². The van der Waals surface area contributed by atoms with Crippen molar-refractivity contribution in [2.45, 2.75) is 26.8 Å². The van der Waals surface area contributed by atoms with Crippen LogP contribution in [0.4, 0.5) is 0 Å². The fourth-order valence-electron chi connectivity index (χ4n) is 1.87. The van der Waals surface area contributed by atoms with Gasteiger partial charge in [-0.1, -0.05) is 13.8 Å². The molecule has 2 aromatic rings. The van der Waals surface area contributed by atoms with Crippen LogP contribution in [0, 0.1) is 5.92 Å². The summed E-state index contributed by atoms with van der Waals surface area (Å²) in [4.78, 5) is 5.69. The highest BCUT2D eigenvalue weighted by Gasteiger charge is 2.13. The molecular formula is C14H18N2O2S. The Balaban J connectivity index is 2.39. The van der Waals surface area contributed by atoms with Gasteiger partial charge < -0.3 is 15.9 Å². The average Bonchev–Trinajstić information content (AvgIpc) is 2.75. The van der Waals surface area contributed by atoms with E-state index in [9.17, 15) is 10.2 Å². The van der Waals surface area contributed by atoms with Crippen LogP contribution in [0.2, 0.25) is 0 Å². The predicted molar refractivity (Wildman–Crippen MR) is 77.3 cm³/mol. The second kappa shape index (κ2) is 5.59. The molecule has 0 aliphatic carbocycles. The van der Waals surface area contributed by atoms with Crippen LogP contribution >= 0.6 is 11.3 Å². The highest BCUT2D eigenvalue weighted by molar-refractivity contribution is 7.15. The van der Waals surface area contributed by atoms with Crippen LogP contribution in [0.5, 0.6) is 11.5 Å². The largest absolute Gasteiger partial charge is 0.504 e. The molecule has 5 heteroatoms. The summed E-state index contributed by atoms with van der Waals surface area (Å²) in [6.07, 6.45) is 0.896. The molecule has 102 valence electrons. The summed E-state index contributed by atoms with van der Waals surface area (Å²) in [5.74, 6) is 0.266. The van der Waals surface area contributed by atoms with E-state index in [0.717, 1.165) is 27.6 Å². The maximum atomic E-state index is 9.54. The standard InChI is InChI=1S/C14H18N2O2S/c1-8(2)5-10-13(7-15)19-14(16-10)9-3-4-11(17)12(18)6-9/h3-4,6,8,17-18H,5,7,15H2,1-2H3. The molecule has 0 unspecified atom stereocenters. The molecule has 1 aromatic heterocycles. The van der Waals surface area contributed by atoms with E-state index in [-0.39, 0.29) is 11.5 Å². The van der Waals surface area contributed by atoms with Crippen molar-refractivity contribution in [3.63, 3.8) is 0 Å². The van der Waals surface area contributed by atoms with Gasteiger partial charge in [-0.25, -0.2) is 4.98 Å². The molecule has 1 heterocycles. The van der Waals surface area contributed by atoms with Crippen LogP contribution in [-0.2, 0) is 13.0 Å². The van der Waals surface area contributed by atoms with Crippen LogP contribution in [-0.4, -0.2) is 15.2 Å². The van der Waals surface area contributed by atoms with Gasteiger partial charge in [0, 0.05) is 17.0 Å². The Labute approximate surface area is 116 Å². The lowest BCUT2D eigenvalue weighted by Crippen LogP contribution is -2.01. The van der Waals surface area contributed by atoms with Gasteiger partial charge in [0.2, 0.25) is 0 Å². The van der Waals surface area contributed by atoms with E-state index < -0.39 is 0 Å². The summed E-state index contributed by atoms with van der Waals surface area (Å²) in [6, 6.07) is 4.73. The van der Waals surface area contributed by atoms with Crippen molar-refractivity contribution in [1.29, 1.82) is 0 Å². The number of aromatic nitrogens is 1. The van der Waals surface area contributed by atoms with Gasteiger partial charge in [-0.15, -0.1) is 11.3 Å². The summed E-state index contributed by atoms with van der Waals surface area (Å²) in [5.41, 5.74) is 7.58. The first-order valence-electron chi connectivity index (χ1n) is 6.22. The molecule has 0 bridgehead atoms. The lowest BCUT2D eigenvalue weighted by molar-refractivity contribution is 0.404. The van der Waals surface area contributed by atoms with Gasteiger partial charge >= 0.3 is 0 Å². The molecule has 0 radical (unpaired) electrons. The van der Waals surface area contributed by atoms with E-state index in [4.69, 9.17) is 5.73 Å². The number of rotatable bonds is 4. The number of phenolic OH excluding ortho intramolecular Hbond substituents is 2. The second-order valence-corrected chi connectivity index (χ2v) is 5.98. The number of aromatic hydroxyl groups is 2. The lowest BCUT2D eigenvalue weighted by atomic mass is 10.1. The number of benzene rings is 1. The van der Waals surface area contributed by atoms with Gasteiger partial charge in [-0.05, 0) is 30.5 Å². The quantitative estimate of drug-likeness (QED) is 0.751. The van der Waals surface area contributed by atoms with Gasteiger partial charge in [0.25, 0.3) is 0 Å². The fraction of sp³-hybridized carbons (Fsp3) is 0.357. The van der Waals surface area contributed by atoms with Crippen LogP contribution in [0.3, 0.4) is 0 Å². The van der Waals surface area contributed by atoms with E-state index in [1.54, 1.807) is 17.4 Å². The normalized spacial score (nSPS) is 11.2. The molecule has 2 rings (SSSR count). The SMILES string of the molecule is CC(C)Cc1nc(-c2ccc(O)c(O)c2)sc1CN. The summed E-state index contributed by atoms with van der Waals surface area (Å²) >= 11 is 1.54. The molecule has 4 N–H and O–H groups in total. The van der Waals surface area contributed by atoms with E-state index >= 15 is 0 Å². The number of phenols is 2. The Morgan fingerprint density at radius 3 is 2.58 bits per heavy atom. The molecule has 0 saturated carbocycles. The first-order valence-corrected chi connectivity index (χ1v) is 7.04. The molecule has 0 saturated heterocycles. The number of nitrogens with zero attached hydrogens (tertiary/aromatic N) is 1. The Morgan fingerprint density at radius 1 is 1.26 bits per heavy atom. The highest BCUT2D eigenvalue weighted by atomic mass is 32.1. The molecule has 1 aromatic carbocycles. The van der Waals surface area contributed by atoms with E-state index in [1.807, 2.05) is 0 Å². The first kappa shape index (κ1) is 13.8. The monoisotopic (exact) mass is 278 g/mol. The molecule has 0 spiro atoms. The second-order valence-electron chi connectivity index (χ2n) is 4.89. The van der Waals surface area contributed by atoms with Crippen molar-refractivity contribution in [1.82, 2.24) is 4.98 Å². The van der Waals surface area contributed by atoms with Crippen molar-refractivity contribution in [3.05, 3.63) is 28.8 Å². The topological polar surface area (TPSA) is 79.4 Å². The molecule has 0 amide bonds. The summed E-state index contributed by atoms with van der Waals surface area (Å²) < 4.78 is 0. The van der Waals surface area contributed by atoms with Gasteiger partial charge in [-0.2, -0.15) is 0 Å². The molecular weight excluding hydrogens is 260 g/mol. The van der Waals surface area contributed by atoms with E-state index in [1.165, 1.54) is 12.1 Å². The van der Waals surface area contributed by atoms with Crippen molar-refractivity contribution in [3.8, 4) is 22.1 Å². The van der Waals surface area contributed by atoms with Crippen molar-refractivity contribution in [2.24, 2.45) is 11.7 Å². The smallest absolute Gasteiger partial charge is 0.158 e. The van der Waals surface area contributed by atoms with Crippen LogP contribution < -0.4 is 5.73 Å². The van der Waals surface area contributed by atoms with Crippen LogP contribution in [0.25, 0.3) is 10.6 Å². The molecule has 19 heavy (non-hydrogen) atoms. The Morgan fingerprint density at radius 2 is 2.00 bits per heavy atom. The Hall–Kier alpha value is -1.59. The summed E-state index contributed by atoms with van der Waals surface area (Å²) in [6.45, 7) is 4.77. The molecule has 4 nitrogen and oxygen atoms in total. The minimum Gasteiger partial charge on any atom is -0.504 e. The third kappa shape index (κ3) is 3.05. The maximum absolute atomic E-state index is 9.54. The number of hydrogen-bond acceptors (Lipinski definition) is 5. The van der Waals surface area contributed by atoms with Gasteiger partial charge in [-0.3, -0.25) is 0 Å². The van der Waals surface area contributed by atoms with Crippen LogP contribution in [0.1, 0.15) is 24.4 Å². The Bertz CT molecular complexity index is 579. The maximum Gasteiger partial charge on any atom is 0.158 e. The third-order valence-electron chi connectivity index (χ3n) is 2.79. The van der Waals surface area contributed by atoms with Crippen molar-refractivity contribution in [2.75, 3.05) is 0 Å². The number of thiazole rings is 1. The number of nitrogens with two attached hydrogens (primary N) is 1. The molecule has 0 atom stereocenters. The Kier molecular flexibility index (Phi) is 4.07. The van der Waals surface area contributed by atoms with E-state index in [0.29, 0.717) is 12.5 Å². The van der Waals surface area contributed by atoms with Gasteiger partial charge in [0.1, 0.15) is 5.01 Å². The fourth-order valence-corrected chi connectivity index (χ4v) is 2.83. The first-order chi connectivity index (χ1) is 9.01. The zero-order chi connectivity index (χ0) is 14.0. The zero-order valence-electron chi connectivity index (χ0n) is 11.1. The lowest BCUT2D eigenvalue weighted by Gasteiger charge is -2.02. The number of hydrogen-bond donors (Lipinski definition) is 3. The molecule has 0 aliphatic rings. The van der Waals surface area contributed by atoms with Crippen molar-refractivity contribution >= 4 is 11.3 Å². The third-order valence-corrected chi connectivity index (χ3v) is 3.96. The average molecular weight is 278 g/mol. The summed E-state index contributed by atoms with van der Waals surface area (Å²) in [7, 11) is 0. The van der Waals surface area contributed by atoms with Crippen molar-refractivity contribution < 1.29 is 10.2 Å². The zero-order valence-corrected chi connectivity index (χ0v) is 11.9. The predicted octanol–water partition coefficient (Wildman–Crippen LogP) is 2.88. The summed E-state index contributed by atoms with van der Waals surface area (Å²) in [5, 5.41) is 19.7. The van der Waals surface area contributed by atoms with Gasteiger partial charge in [0.05, 0.1) is 5.69 Å². The molecule has 0 fully saturated rings. The molecule has 0 aliphatic heterocycles.